The van der Waals surface area contributed by atoms with Crippen LogP contribution >= 0.6 is 23.6 Å². The van der Waals surface area contributed by atoms with Crippen LogP contribution in [-0.4, -0.2) is 40.5 Å². The van der Waals surface area contributed by atoms with Gasteiger partial charge in [0.25, 0.3) is 5.91 Å². The van der Waals surface area contributed by atoms with Crippen LogP contribution < -0.4 is 10.6 Å². The summed E-state index contributed by atoms with van der Waals surface area (Å²) in [5, 5.41) is 10.3. The smallest absolute Gasteiger partial charge is 0.275 e. The number of rotatable bonds is 7. The van der Waals surface area contributed by atoms with Crippen molar-refractivity contribution in [2.24, 2.45) is 5.92 Å². The van der Waals surface area contributed by atoms with Crippen molar-refractivity contribution in [3.05, 3.63) is 70.2 Å². The van der Waals surface area contributed by atoms with E-state index in [1.54, 1.807) is 11.3 Å². The number of carbonyl (C=O) groups excluding carboxylic acids is 1. The number of aryl methyl sites for hydroxylation is 1. The Morgan fingerprint density at radius 2 is 1.89 bits per heavy atom. The number of nitrogens with one attached hydrogen (secondary N) is 2. The predicted molar refractivity (Wildman–Crippen MR) is 150 cm³/mol. The number of anilines is 1. The fourth-order valence-corrected chi connectivity index (χ4v) is 5.43. The number of aromatic nitrogens is 1. The number of hydrogen-bond donors (Lipinski definition) is 2. The quantitative estimate of drug-likeness (QED) is 0.360. The predicted octanol–water partition coefficient (Wildman–Crippen LogP) is 6.47. The molecule has 7 heteroatoms. The molecule has 184 valence electrons. The van der Waals surface area contributed by atoms with E-state index in [0.29, 0.717) is 17.5 Å². The zero-order valence-corrected chi connectivity index (χ0v) is 22.3. The van der Waals surface area contributed by atoms with Crippen molar-refractivity contribution >= 4 is 40.3 Å². The lowest BCUT2D eigenvalue weighted by atomic mass is 9.98. The molecule has 1 atom stereocenters. The number of carbonyl (C=O) groups is 1. The van der Waals surface area contributed by atoms with E-state index in [4.69, 9.17) is 17.2 Å². The fraction of sp³-hybridized carbons (Fsp3) is 0.393. The zero-order chi connectivity index (χ0) is 24.8. The summed E-state index contributed by atoms with van der Waals surface area (Å²) in [7, 11) is 0. The van der Waals surface area contributed by atoms with Crippen molar-refractivity contribution in [1.82, 2.24) is 15.2 Å². The zero-order valence-electron chi connectivity index (χ0n) is 20.7. The maximum absolute atomic E-state index is 13.0. The minimum Gasteiger partial charge on any atom is -0.362 e. The van der Waals surface area contributed by atoms with Crippen LogP contribution in [0.3, 0.4) is 0 Å². The highest BCUT2D eigenvalue weighted by Crippen LogP contribution is 2.32. The molecule has 1 saturated heterocycles. The van der Waals surface area contributed by atoms with E-state index in [1.807, 2.05) is 29.6 Å². The van der Waals surface area contributed by atoms with Crippen molar-refractivity contribution < 1.29 is 4.79 Å². The van der Waals surface area contributed by atoms with Crippen LogP contribution in [0, 0.1) is 12.8 Å². The molecule has 4 rings (SSSR count). The number of nitrogens with zero attached hydrogens (tertiary/aromatic N) is 2. The molecule has 0 bridgehead atoms. The number of amides is 1. The van der Waals surface area contributed by atoms with Gasteiger partial charge in [-0.25, -0.2) is 4.98 Å². The van der Waals surface area contributed by atoms with E-state index < -0.39 is 0 Å². The molecule has 35 heavy (non-hydrogen) atoms. The number of likely N-dealkylation sites (tertiary alicyclic amines) is 1. The van der Waals surface area contributed by atoms with Crippen molar-refractivity contribution in [3.8, 4) is 11.1 Å². The van der Waals surface area contributed by atoms with Crippen molar-refractivity contribution in [2.75, 3.05) is 25.0 Å². The average molecular weight is 507 g/mol. The van der Waals surface area contributed by atoms with Gasteiger partial charge < -0.3 is 15.5 Å². The van der Waals surface area contributed by atoms with E-state index >= 15 is 0 Å². The number of para-hydroxylation sites is 1. The van der Waals surface area contributed by atoms with Gasteiger partial charge in [-0.2, -0.15) is 0 Å². The first-order chi connectivity index (χ1) is 16.9. The third-order valence-corrected chi connectivity index (χ3v) is 8.13. The van der Waals surface area contributed by atoms with Gasteiger partial charge in [0.15, 0.2) is 5.11 Å². The molecule has 0 spiro atoms. The second-order valence-corrected chi connectivity index (χ2v) is 10.7. The van der Waals surface area contributed by atoms with E-state index in [9.17, 15) is 4.79 Å². The summed E-state index contributed by atoms with van der Waals surface area (Å²) < 4.78 is 0. The molecule has 1 aromatic heterocycles. The van der Waals surface area contributed by atoms with Gasteiger partial charge in [-0.15, -0.1) is 11.3 Å². The second kappa shape index (κ2) is 11.8. The Labute approximate surface area is 218 Å². The minimum atomic E-state index is -0.167. The first kappa shape index (κ1) is 25.3. The molecule has 5 nitrogen and oxygen atoms in total. The lowest BCUT2D eigenvalue weighted by Crippen LogP contribution is -2.45. The fourth-order valence-electron chi connectivity index (χ4n) is 4.19. The monoisotopic (exact) mass is 506 g/mol. The molecule has 1 amide bonds. The summed E-state index contributed by atoms with van der Waals surface area (Å²) in [4.78, 5) is 20.0. The second-order valence-electron chi connectivity index (χ2n) is 9.40. The molecule has 1 aliphatic heterocycles. The number of benzene rings is 2. The molecular formula is C28H34N4OS2. The average Bonchev–Trinajstić information content (AvgIpc) is 3.39. The van der Waals surface area contributed by atoms with Gasteiger partial charge in [-0.3, -0.25) is 4.79 Å². The first-order valence-corrected chi connectivity index (χ1v) is 13.7. The first-order valence-electron chi connectivity index (χ1n) is 12.4. The largest absolute Gasteiger partial charge is 0.362 e. The van der Waals surface area contributed by atoms with Crippen LogP contribution in [0.15, 0.2) is 53.9 Å². The van der Waals surface area contributed by atoms with Crippen LogP contribution in [0.25, 0.3) is 11.1 Å². The molecule has 1 fully saturated rings. The molecule has 0 aliphatic carbocycles. The normalized spacial score (nSPS) is 15.0. The molecule has 0 radical (unpaired) electrons. The highest BCUT2D eigenvalue weighted by atomic mass is 32.1. The Kier molecular flexibility index (Phi) is 8.52. The Morgan fingerprint density at radius 3 is 2.60 bits per heavy atom. The third kappa shape index (κ3) is 6.47. The van der Waals surface area contributed by atoms with E-state index in [1.165, 1.54) is 5.56 Å². The highest BCUT2D eigenvalue weighted by molar-refractivity contribution is 7.80. The van der Waals surface area contributed by atoms with E-state index in [0.717, 1.165) is 65.8 Å². The summed E-state index contributed by atoms with van der Waals surface area (Å²) in [5.41, 5.74) is 4.56. The standard InChI is InChI=1S/C28H34N4OS2/c1-4-19(2)17-29-28(34)32-15-13-22(14-16-32)27-31-25(18-35-27)26(33)30-24-8-6-5-7-23(24)21-11-9-20(3)10-12-21/h5-12,18-19,22H,4,13-17H2,1-3H3,(H,29,34)(H,30,33). The van der Waals surface area contributed by atoms with Crippen LogP contribution in [-0.2, 0) is 0 Å². The topological polar surface area (TPSA) is 57.3 Å². The Morgan fingerprint density at radius 1 is 1.17 bits per heavy atom. The van der Waals surface area contributed by atoms with Crippen LogP contribution in [0.2, 0.25) is 0 Å². The van der Waals surface area contributed by atoms with Gasteiger partial charge in [-0.05, 0) is 49.5 Å². The molecule has 2 aromatic carbocycles. The Bertz CT molecular complexity index is 1150. The van der Waals surface area contributed by atoms with Crippen LogP contribution in [0.5, 0.6) is 0 Å². The lowest BCUT2D eigenvalue weighted by Gasteiger charge is -2.33. The van der Waals surface area contributed by atoms with Crippen molar-refractivity contribution in [1.29, 1.82) is 0 Å². The van der Waals surface area contributed by atoms with Crippen LogP contribution in [0.1, 0.15) is 60.1 Å². The van der Waals surface area contributed by atoms with Crippen molar-refractivity contribution in [2.45, 2.75) is 46.0 Å². The highest BCUT2D eigenvalue weighted by Gasteiger charge is 2.25. The summed E-state index contributed by atoms with van der Waals surface area (Å²) in [6.45, 7) is 9.27. The van der Waals surface area contributed by atoms with Gasteiger partial charge in [0.2, 0.25) is 0 Å². The maximum atomic E-state index is 13.0. The van der Waals surface area contributed by atoms with E-state index in [2.05, 4.69) is 60.6 Å². The van der Waals surface area contributed by atoms with Gasteiger partial charge in [-0.1, -0.05) is 68.3 Å². The summed E-state index contributed by atoms with van der Waals surface area (Å²) in [6, 6.07) is 16.2. The van der Waals surface area contributed by atoms with Gasteiger partial charge >= 0.3 is 0 Å². The number of thiazole rings is 1. The van der Waals surface area contributed by atoms with Crippen LogP contribution in [0.4, 0.5) is 5.69 Å². The number of thiocarbonyl (C=S) groups is 1. The SMILES string of the molecule is CCC(C)CNC(=S)N1CCC(c2nc(C(=O)Nc3ccccc3-c3ccc(C)cc3)cs2)CC1. The molecular weight excluding hydrogens is 472 g/mol. The van der Waals surface area contributed by atoms with Gasteiger partial charge in [0, 0.05) is 42.2 Å². The third-order valence-electron chi connectivity index (χ3n) is 6.72. The van der Waals surface area contributed by atoms with E-state index in [-0.39, 0.29) is 5.91 Å². The summed E-state index contributed by atoms with van der Waals surface area (Å²) in [5.74, 6) is 0.823. The molecule has 2 N–H and O–H groups in total. The molecule has 3 aromatic rings. The Balaban J connectivity index is 1.36. The molecule has 2 heterocycles. The molecule has 1 aliphatic rings. The van der Waals surface area contributed by atoms with Gasteiger partial charge in [0.1, 0.15) is 5.69 Å². The molecule has 1 unspecified atom stereocenters. The summed E-state index contributed by atoms with van der Waals surface area (Å²) in [6.07, 6.45) is 3.14. The van der Waals surface area contributed by atoms with Gasteiger partial charge in [0.05, 0.1) is 5.01 Å². The number of piperidine rings is 1. The molecule has 0 saturated carbocycles. The maximum Gasteiger partial charge on any atom is 0.275 e. The number of hydrogen-bond acceptors (Lipinski definition) is 4. The Hall–Kier alpha value is -2.77. The summed E-state index contributed by atoms with van der Waals surface area (Å²) >= 11 is 7.18. The minimum absolute atomic E-state index is 0.167. The van der Waals surface area contributed by atoms with Crippen molar-refractivity contribution in [3.63, 3.8) is 0 Å². The lowest BCUT2D eigenvalue weighted by molar-refractivity contribution is 0.102.